The molecule has 7 rings (SSSR count). The summed E-state index contributed by atoms with van der Waals surface area (Å²) in [5.74, 6) is -0.00101. The number of aromatic nitrogens is 2. The van der Waals surface area contributed by atoms with Crippen molar-refractivity contribution >= 4 is 33.3 Å². The SMILES string of the molecule is CC(O)C(=C1CCC1)N1CCN(Cc2ccc(-c3cc4nccc(Oc5ccc(NC(=O)NC6CC6)cc5F)c4s3)nc2)CC1. The second-order valence-electron chi connectivity index (χ2n) is 12.1. The van der Waals surface area contributed by atoms with Crippen LogP contribution in [0.4, 0.5) is 14.9 Å². The average molecular weight is 629 g/mol. The highest BCUT2D eigenvalue weighted by molar-refractivity contribution is 7.22. The van der Waals surface area contributed by atoms with Gasteiger partial charge in [0.1, 0.15) is 5.75 Å². The Balaban J connectivity index is 0.988. The summed E-state index contributed by atoms with van der Waals surface area (Å²) in [6.45, 7) is 6.47. The fourth-order valence-corrected chi connectivity index (χ4v) is 6.99. The third kappa shape index (κ3) is 6.80. The van der Waals surface area contributed by atoms with Crippen molar-refractivity contribution in [1.82, 2.24) is 25.1 Å². The molecule has 234 valence electrons. The molecule has 45 heavy (non-hydrogen) atoms. The molecule has 4 heterocycles. The molecule has 3 N–H and O–H groups in total. The molecule has 2 aliphatic carbocycles. The first-order valence-electron chi connectivity index (χ1n) is 15.7. The Kier molecular flexibility index (Phi) is 8.39. The van der Waals surface area contributed by atoms with Crippen molar-refractivity contribution in [3.63, 3.8) is 0 Å². The van der Waals surface area contributed by atoms with Gasteiger partial charge in [0.15, 0.2) is 11.6 Å². The van der Waals surface area contributed by atoms with E-state index < -0.39 is 11.9 Å². The third-order valence-corrected chi connectivity index (χ3v) is 9.77. The normalized spacial score (nSPS) is 17.6. The number of aliphatic hydroxyl groups is 1. The van der Waals surface area contributed by atoms with Gasteiger partial charge in [-0.15, -0.1) is 11.3 Å². The molecule has 1 aromatic carbocycles. The maximum Gasteiger partial charge on any atom is 0.319 e. The van der Waals surface area contributed by atoms with E-state index in [4.69, 9.17) is 9.72 Å². The highest BCUT2D eigenvalue weighted by Gasteiger charge is 2.26. The van der Waals surface area contributed by atoms with E-state index in [1.54, 1.807) is 18.3 Å². The van der Waals surface area contributed by atoms with E-state index in [2.05, 4.69) is 31.5 Å². The number of hydrogen-bond donors (Lipinski definition) is 3. The Morgan fingerprint density at radius 3 is 2.58 bits per heavy atom. The van der Waals surface area contributed by atoms with Gasteiger partial charge < -0.3 is 25.4 Å². The summed E-state index contributed by atoms with van der Waals surface area (Å²) in [5.41, 5.74) is 5.70. The number of aliphatic hydroxyl groups excluding tert-OH is 1. The maximum absolute atomic E-state index is 14.9. The van der Waals surface area contributed by atoms with Gasteiger partial charge in [0, 0.05) is 74.7 Å². The molecule has 11 heteroatoms. The average Bonchev–Trinajstić information content (AvgIpc) is 3.70. The number of nitrogens with one attached hydrogen (secondary N) is 2. The van der Waals surface area contributed by atoms with Gasteiger partial charge in [0.05, 0.1) is 26.9 Å². The van der Waals surface area contributed by atoms with E-state index in [0.29, 0.717) is 11.4 Å². The Hall–Kier alpha value is -4.06. The first-order chi connectivity index (χ1) is 21.9. The van der Waals surface area contributed by atoms with Gasteiger partial charge in [0.2, 0.25) is 0 Å². The number of ether oxygens (including phenoxy) is 1. The molecular formula is C34H37FN6O3S. The predicted octanol–water partition coefficient (Wildman–Crippen LogP) is 6.51. The van der Waals surface area contributed by atoms with Crippen molar-refractivity contribution in [3.05, 3.63) is 77.5 Å². The van der Waals surface area contributed by atoms with Crippen molar-refractivity contribution in [2.24, 2.45) is 0 Å². The van der Waals surface area contributed by atoms with Crippen molar-refractivity contribution in [2.75, 3.05) is 31.5 Å². The molecule has 1 atom stereocenters. The van der Waals surface area contributed by atoms with E-state index >= 15 is 0 Å². The zero-order chi connectivity index (χ0) is 30.9. The molecule has 0 bridgehead atoms. The van der Waals surface area contributed by atoms with Crippen molar-refractivity contribution in [1.29, 1.82) is 0 Å². The van der Waals surface area contributed by atoms with E-state index in [0.717, 1.165) is 90.5 Å². The number of piperazine rings is 1. The number of thiophene rings is 1. The van der Waals surface area contributed by atoms with Gasteiger partial charge in [-0.1, -0.05) is 6.07 Å². The Bertz CT molecular complexity index is 1720. The molecule has 3 aliphatic rings. The van der Waals surface area contributed by atoms with E-state index in [1.165, 1.54) is 35.5 Å². The second kappa shape index (κ2) is 12.7. The van der Waals surface area contributed by atoms with Gasteiger partial charge >= 0.3 is 6.03 Å². The fraction of sp³-hybridized carbons (Fsp3) is 0.382. The topological polar surface area (TPSA) is 103 Å². The van der Waals surface area contributed by atoms with Gasteiger partial charge in [-0.3, -0.25) is 14.9 Å². The van der Waals surface area contributed by atoms with Gasteiger partial charge in [-0.2, -0.15) is 0 Å². The van der Waals surface area contributed by atoms with Crippen LogP contribution in [0, 0.1) is 5.82 Å². The van der Waals surface area contributed by atoms with Crippen LogP contribution in [0.5, 0.6) is 11.5 Å². The Morgan fingerprint density at radius 1 is 1.09 bits per heavy atom. The summed E-state index contributed by atoms with van der Waals surface area (Å²) in [5, 5.41) is 15.8. The molecule has 1 aliphatic heterocycles. The first kappa shape index (κ1) is 29.6. The van der Waals surface area contributed by atoms with Gasteiger partial charge in [0.25, 0.3) is 0 Å². The lowest BCUT2D eigenvalue weighted by Gasteiger charge is -2.40. The number of halogens is 1. The molecule has 2 saturated carbocycles. The summed E-state index contributed by atoms with van der Waals surface area (Å²) < 4.78 is 21.7. The lowest BCUT2D eigenvalue weighted by Crippen LogP contribution is -2.47. The number of benzene rings is 1. The van der Waals surface area contributed by atoms with Crippen LogP contribution >= 0.6 is 11.3 Å². The number of amides is 2. The number of urea groups is 1. The van der Waals surface area contributed by atoms with E-state index in [1.807, 2.05) is 25.3 Å². The van der Waals surface area contributed by atoms with Crippen LogP contribution in [0.2, 0.25) is 0 Å². The fourth-order valence-electron chi connectivity index (χ4n) is 5.94. The number of hydrogen-bond acceptors (Lipinski definition) is 8. The van der Waals surface area contributed by atoms with Gasteiger partial charge in [-0.25, -0.2) is 9.18 Å². The van der Waals surface area contributed by atoms with Gasteiger partial charge in [-0.05, 0) is 74.4 Å². The molecule has 1 saturated heterocycles. The van der Waals surface area contributed by atoms with E-state index in [-0.39, 0.29) is 17.8 Å². The smallest absolute Gasteiger partial charge is 0.319 e. The number of rotatable bonds is 9. The van der Waals surface area contributed by atoms with Crippen molar-refractivity contribution in [2.45, 2.75) is 57.7 Å². The molecule has 9 nitrogen and oxygen atoms in total. The third-order valence-electron chi connectivity index (χ3n) is 8.61. The van der Waals surface area contributed by atoms with Crippen molar-refractivity contribution < 1.29 is 19.0 Å². The molecule has 3 aromatic heterocycles. The van der Waals surface area contributed by atoms with E-state index in [9.17, 15) is 14.3 Å². The lowest BCUT2D eigenvalue weighted by atomic mass is 9.88. The highest BCUT2D eigenvalue weighted by Crippen LogP contribution is 2.39. The van der Waals surface area contributed by atoms with Crippen LogP contribution in [-0.2, 0) is 6.54 Å². The highest BCUT2D eigenvalue weighted by atomic mass is 32.1. The number of allylic oxidation sites excluding steroid dienone is 1. The summed E-state index contributed by atoms with van der Waals surface area (Å²) in [7, 11) is 0. The zero-order valence-corrected chi connectivity index (χ0v) is 26.1. The molecule has 1 unspecified atom stereocenters. The first-order valence-corrected chi connectivity index (χ1v) is 16.5. The minimum atomic E-state index is -0.571. The Morgan fingerprint density at radius 2 is 1.91 bits per heavy atom. The summed E-state index contributed by atoms with van der Waals surface area (Å²) in [6, 6.07) is 12.1. The Labute approximate surface area is 265 Å². The molecular weight excluding hydrogens is 591 g/mol. The number of carbonyl (C=O) groups is 1. The van der Waals surface area contributed by atoms with Crippen LogP contribution in [-0.4, -0.2) is 69.2 Å². The maximum atomic E-state index is 14.9. The second-order valence-corrected chi connectivity index (χ2v) is 13.1. The molecule has 3 fully saturated rings. The number of pyridine rings is 2. The molecule has 2 amide bonds. The van der Waals surface area contributed by atoms with Crippen LogP contribution in [0.3, 0.4) is 0 Å². The quantitative estimate of drug-likeness (QED) is 0.194. The van der Waals surface area contributed by atoms with Crippen LogP contribution in [0.25, 0.3) is 20.8 Å². The number of carbonyl (C=O) groups excluding carboxylic acids is 1. The zero-order valence-electron chi connectivity index (χ0n) is 25.3. The number of fused-ring (bicyclic) bond motifs is 1. The summed E-state index contributed by atoms with van der Waals surface area (Å²) >= 11 is 1.50. The minimum Gasteiger partial charge on any atom is -0.453 e. The van der Waals surface area contributed by atoms with Crippen LogP contribution in [0.15, 0.2) is 66.1 Å². The summed E-state index contributed by atoms with van der Waals surface area (Å²) in [6.07, 6.45) is 8.60. The van der Waals surface area contributed by atoms with Crippen LogP contribution < -0.4 is 15.4 Å². The monoisotopic (exact) mass is 628 g/mol. The van der Waals surface area contributed by atoms with Crippen LogP contribution in [0.1, 0.15) is 44.6 Å². The van der Waals surface area contributed by atoms with Crippen molar-refractivity contribution in [3.8, 4) is 22.1 Å². The number of nitrogens with zero attached hydrogens (tertiary/aromatic N) is 4. The summed E-state index contributed by atoms with van der Waals surface area (Å²) in [4.78, 5) is 27.0. The minimum absolute atomic E-state index is 0.0655. The molecule has 0 spiro atoms. The molecule has 4 aromatic rings. The molecule has 0 radical (unpaired) electrons. The predicted molar refractivity (Wildman–Crippen MR) is 174 cm³/mol. The largest absolute Gasteiger partial charge is 0.453 e. The standard InChI is InChI=1S/C34H37FN6O3S/c1-21(42)32(23-3-2-4-23)41-15-13-40(14-16-41)20-22-5-9-27(37-19-22)31-18-28-33(45-31)30(11-12-36-28)44-29-10-8-25(17-26(29)35)39-34(43)38-24-6-7-24/h5,8-12,17-19,21,24,42H,2-4,6-7,13-16,20H2,1H3,(H2,38,39,43). The lowest BCUT2D eigenvalue weighted by molar-refractivity contribution is 0.113. The number of anilines is 1.